The minimum Gasteiger partial charge on any atom is -0.302 e. The van der Waals surface area contributed by atoms with Crippen molar-refractivity contribution in [3.05, 3.63) is 24.5 Å². The van der Waals surface area contributed by atoms with Crippen molar-refractivity contribution in [3.63, 3.8) is 0 Å². The van der Waals surface area contributed by atoms with Gasteiger partial charge in [0, 0.05) is 24.5 Å². The first kappa shape index (κ1) is 8.57. The van der Waals surface area contributed by atoms with Gasteiger partial charge in [-0.15, -0.1) is 6.42 Å². The third-order valence-corrected chi connectivity index (χ3v) is 1.40. The Morgan fingerprint density at radius 1 is 1.83 bits per heavy atom. The molecule has 12 heavy (non-hydrogen) atoms. The van der Waals surface area contributed by atoms with Crippen LogP contribution in [-0.4, -0.2) is 16.3 Å². The first-order chi connectivity index (χ1) is 5.86. The van der Waals surface area contributed by atoms with Crippen molar-refractivity contribution in [3.8, 4) is 12.3 Å². The zero-order valence-electron chi connectivity index (χ0n) is 6.83. The Kier molecular flexibility index (Phi) is 3.12. The number of hydrogen-bond donors (Lipinski definition) is 1. The van der Waals surface area contributed by atoms with Gasteiger partial charge in [0.25, 0.3) is 0 Å². The fourth-order valence-corrected chi connectivity index (χ4v) is 0.848. The molecule has 1 heterocycles. The quantitative estimate of drug-likeness (QED) is 0.520. The Bertz CT molecular complexity index is 293. The van der Waals surface area contributed by atoms with Crippen LogP contribution in [0.5, 0.6) is 0 Å². The summed E-state index contributed by atoms with van der Waals surface area (Å²) < 4.78 is 1.66. The van der Waals surface area contributed by atoms with Gasteiger partial charge in [-0.05, 0) is 0 Å². The van der Waals surface area contributed by atoms with Gasteiger partial charge >= 0.3 is 0 Å². The van der Waals surface area contributed by atoms with Crippen LogP contribution in [0.25, 0.3) is 6.20 Å². The summed E-state index contributed by atoms with van der Waals surface area (Å²) in [7, 11) is 0. The van der Waals surface area contributed by atoms with Crippen molar-refractivity contribution in [1.82, 2.24) is 15.1 Å². The predicted octanol–water partition coefficient (Wildman–Crippen LogP) is 0.706. The SMILES string of the molecule is C#CCNCc1cnn(C=C)c1. The molecule has 0 aromatic carbocycles. The van der Waals surface area contributed by atoms with Crippen LogP contribution in [0, 0.1) is 12.3 Å². The lowest BCUT2D eigenvalue weighted by molar-refractivity contribution is 0.770. The average Bonchev–Trinajstić information content (AvgIpc) is 2.53. The van der Waals surface area contributed by atoms with Crippen LogP contribution in [0.4, 0.5) is 0 Å². The molecule has 3 nitrogen and oxygen atoms in total. The van der Waals surface area contributed by atoms with E-state index in [9.17, 15) is 0 Å². The number of nitrogens with zero attached hydrogens (tertiary/aromatic N) is 2. The number of aromatic nitrogens is 2. The molecule has 0 radical (unpaired) electrons. The second-order valence-electron chi connectivity index (χ2n) is 2.32. The van der Waals surface area contributed by atoms with Crippen LogP contribution in [0.15, 0.2) is 19.0 Å². The van der Waals surface area contributed by atoms with Crippen molar-refractivity contribution in [2.45, 2.75) is 6.54 Å². The van der Waals surface area contributed by atoms with Gasteiger partial charge in [0.05, 0.1) is 12.7 Å². The number of hydrogen-bond acceptors (Lipinski definition) is 2. The van der Waals surface area contributed by atoms with Crippen LogP contribution in [0.2, 0.25) is 0 Å². The maximum Gasteiger partial charge on any atom is 0.0576 e. The van der Waals surface area contributed by atoms with Gasteiger partial charge in [-0.25, -0.2) is 4.68 Å². The van der Waals surface area contributed by atoms with Crippen molar-refractivity contribution in [2.24, 2.45) is 0 Å². The summed E-state index contributed by atoms with van der Waals surface area (Å²) in [4.78, 5) is 0. The molecule has 0 amide bonds. The van der Waals surface area contributed by atoms with Gasteiger partial charge in [-0.2, -0.15) is 5.10 Å². The van der Waals surface area contributed by atoms with E-state index in [1.54, 1.807) is 17.1 Å². The van der Waals surface area contributed by atoms with E-state index in [0.717, 1.165) is 12.1 Å². The highest BCUT2D eigenvalue weighted by Crippen LogP contribution is 1.96. The van der Waals surface area contributed by atoms with Gasteiger partial charge in [0.15, 0.2) is 0 Å². The third-order valence-electron chi connectivity index (χ3n) is 1.40. The molecule has 0 aliphatic heterocycles. The smallest absolute Gasteiger partial charge is 0.0576 e. The van der Waals surface area contributed by atoms with Gasteiger partial charge in [-0.3, -0.25) is 0 Å². The fraction of sp³-hybridized carbons (Fsp3) is 0.222. The molecule has 0 fully saturated rings. The summed E-state index contributed by atoms with van der Waals surface area (Å²) in [6.07, 6.45) is 10.4. The summed E-state index contributed by atoms with van der Waals surface area (Å²) in [5.41, 5.74) is 1.10. The summed E-state index contributed by atoms with van der Waals surface area (Å²) in [5.74, 6) is 2.50. The van der Waals surface area contributed by atoms with E-state index in [2.05, 4.69) is 22.9 Å². The second kappa shape index (κ2) is 4.37. The number of terminal acetylenes is 1. The zero-order valence-corrected chi connectivity index (χ0v) is 6.83. The topological polar surface area (TPSA) is 29.9 Å². The fourth-order valence-electron chi connectivity index (χ4n) is 0.848. The Hall–Kier alpha value is -1.53. The molecule has 1 rings (SSSR count). The molecule has 0 atom stereocenters. The van der Waals surface area contributed by atoms with E-state index in [0.29, 0.717) is 6.54 Å². The van der Waals surface area contributed by atoms with E-state index < -0.39 is 0 Å². The van der Waals surface area contributed by atoms with E-state index in [4.69, 9.17) is 6.42 Å². The Balaban J connectivity index is 2.42. The largest absolute Gasteiger partial charge is 0.302 e. The summed E-state index contributed by atoms with van der Waals surface area (Å²) in [6.45, 7) is 4.92. The van der Waals surface area contributed by atoms with E-state index in [1.165, 1.54) is 0 Å². The molecule has 1 N–H and O–H groups in total. The first-order valence-corrected chi connectivity index (χ1v) is 3.66. The number of nitrogens with one attached hydrogen (secondary N) is 1. The molecule has 0 unspecified atom stereocenters. The molecule has 0 saturated heterocycles. The Morgan fingerprint density at radius 2 is 2.67 bits per heavy atom. The van der Waals surface area contributed by atoms with Crippen LogP contribution >= 0.6 is 0 Å². The lowest BCUT2D eigenvalue weighted by Gasteiger charge is -1.94. The first-order valence-electron chi connectivity index (χ1n) is 3.66. The van der Waals surface area contributed by atoms with Crippen LogP contribution in [0.1, 0.15) is 5.56 Å². The van der Waals surface area contributed by atoms with Crippen molar-refractivity contribution in [2.75, 3.05) is 6.54 Å². The standard InChI is InChI=1S/C9H11N3/c1-3-5-10-6-9-7-11-12(4-2)8-9/h1,4,7-8,10H,2,5-6H2. The monoisotopic (exact) mass is 161 g/mol. The highest BCUT2D eigenvalue weighted by molar-refractivity contribution is 5.17. The Morgan fingerprint density at radius 3 is 3.25 bits per heavy atom. The molecule has 0 saturated carbocycles. The summed E-state index contributed by atoms with van der Waals surface area (Å²) in [6, 6.07) is 0. The maximum absolute atomic E-state index is 5.07. The third kappa shape index (κ3) is 2.26. The molecule has 0 aliphatic rings. The van der Waals surface area contributed by atoms with Crippen molar-refractivity contribution in [1.29, 1.82) is 0 Å². The van der Waals surface area contributed by atoms with Gasteiger partial charge in [-0.1, -0.05) is 12.5 Å². The van der Waals surface area contributed by atoms with Crippen molar-refractivity contribution < 1.29 is 0 Å². The molecular weight excluding hydrogens is 150 g/mol. The average molecular weight is 161 g/mol. The van der Waals surface area contributed by atoms with Crippen LogP contribution in [-0.2, 0) is 6.54 Å². The maximum atomic E-state index is 5.07. The lowest BCUT2D eigenvalue weighted by atomic mass is 10.3. The molecule has 62 valence electrons. The lowest BCUT2D eigenvalue weighted by Crippen LogP contribution is -2.12. The van der Waals surface area contributed by atoms with Gasteiger partial charge < -0.3 is 5.32 Å². The predicted molar refractivity (Wildman–Crippen MR) is 49.2 cm³/mol. The van der Waals surface area contributed by atoms with E-state index in [-0.39, 0.29) is 0 Å². The molecule has 0 spiro atoms. The molecule has 1 aromatic rings. The van der Waals surface area contributed by atoms with Crippen LogP contribution < -0.4 is 5.32 Å². The molecule has 0 bridgehead atoms. The highest BCUT2D eigenvalue weighted by Gasteiger charge is 1.93. The minimum absolute atomic E-state index is 0.583. The van der Waals surface area contributed by atoms with Gasteiger partial charge in [0.1, 0.15) is 0 Å². The number of rotatable bonds is 4. The normalized spacial score (nSPS) is 9.25. The summed E-state index contributed by atoms with van der Waals surface area (Å²) in [5, 5.41) is 7.09. The van der Waals surface area contributed by atoms with E-state index >= 15 is 0 Å². The van der Waals surface area contributed by atoms with E-state index in [1.807, 2.05) is 6.20 Å². The second-order valence-corrected chi connectivity index (χ2v) is 2.32. The molecule has 3 heteroatoms. The van der Waals surface area contributed by atoms with Gasteiger partial charge in [0.2, 0.25) is 0 Å². The zero-order chi connectivity index (χ0) is 8.81. The van der Waals surface area contributed by atoms with Crippen LogP contribution in [0.3, 0.4) is 0 Å². The Labute approximate surface area is 72.1 Å². The minimum atomic E-state index is 0.583. The molecule has 0 aliphatic carbocycles. The summed E-state index contributed by atoms with van der Waals surface area (Å²) >= 11 is 0. The van der Waals surface area contributed by atoms with Crippen molar-refractivity contribution >= 4 is 6.20 Å². The molecule has 1 aromatic heterocycles. The highest BCUT2D eigenvalue weighted by atomic mass is 15.2. The molecular formula is C9H11N3.